The molecule has 2 heterocycles. The largest absolute Gasteiger partial charge is 0.328 e. The zero-order valence-electron chi connectivity index (χ0n) is 11.3. The van der Waals surface area contributed by atoms with Crippen molar-refractivity contribution in [3.05, 3.63) is 50.4 Å². The Kier molecular flexibility index (Phi) is 4.02. The van der Waals surface area contributed by atoms with Gasteiger partial charge in [0.15, 0.2) is 5.78 Å². The lowest BCUT2D eigenvalue weighted by Crippen LogP contribution is -2.09. The predicted molar refractivity (Wildman–Crippen MR) is 87.8 cm³/mol. The minimum atomic E-state index is -0.0619. The molecule has 3 nitrogen and oxygen atoms in total. The first-order valence-corrected chi connectivity index (χ1v) is 8.09. The van der Waals surface area contributed by atoms with Crippen LogP contribution in [-0.4, -0.2) is 15.3 Å². The van der Waals surface area contributed by atoms with E-state index in [1.54, 1.807) is 6.07 Å². The van der Waals surface area contributed by atoms with E-state index in [0.29, 0.717) is 14.2 Å². The number of imidazole rings is 1. The minimum absolute atomic E-state index is 0.0619. The summed E-state index contributed by atoms with van der Waals surface area (Å²) in [7, 11) is 0. The van der Waals surface area contributed by atoms with Crippen LogP contribution in [-0.2, 0) is 13.0 Å². The number of halogens is 2. The topological polar surface area (TPSA) is 34.9 Å². The molecule has 0 bridgehead atoms. The van der Waals surface area contributed by atoms with Crippen LogP contribution in [0.2, 0.25) is 8.67 Å². The molecule has 0 saturated heterocycles. The Morgan fingerprint density at radius 2 is 2.10 bits per heavy atom. The number of carbonyl (C=O) groups is 1. The van der Waals surface area contributed by atoms with E-state index in [9.17, 15) is 4.79 Å². The standard InChI is InChI=1S/C15H12Cl2N2OS/c1-2-19-11-6-4-3-5-10(11)18-14(19)8-12(20)9-7-13(16)21-15(9)17/h3-7H,2,8H2,1H3. The summed E-state index contributed by atoms with van der Waals surface area (Å²) in [5.74, 6) is 0.690. The third-order valence-corrected chi connectivity index (χ3v) is 4.81. The first kappa shape index (κ1) is 14.6. The van der Waals surface area contributed by atoms with Crippen molar-refractivity contribution in [3.8, 4) is 0 Å². The Hall–Kier alpha value is -1.36. The maximum Gasteiger partial charge on any atom is 0.172 e. The Morgan fingerprint density at radius 3 is 2.76 bits per heavy atom. The van der Waals surface area contributed by atoms with Crippen molar-refractivity contribution >= 4 is 51.4 Å². The summed E-state index contributed by atoms with van der Waals surface area (Å²) in [5.41, 5.74) is 2.41. The molecule has 0 saturated carbocycles. The third kappa shape index (κ3) is 2.71. The number of thiophene rings is 1. The summed E-state index contributed by atoms with van der Waals surface area (Å²) in [6, 6.07) is 9.49. The zero-order chi connectivity index (χ0) is 15.0. The molecule has 0 radical (unpaired) electrons. The van der Waals surface area contributed by atoms with Gasteiger partial charge in [-0.15, -0.1) is 11.3 Å². The number of carbonyl (C=O) groups excluding carboxylic acids is 1. The van der Waals surface area contributed by atoms with Gasteiger partial charge in [0.2, 0.25) is 0 Å². The highest BCUT2D eigenvalue weighted by molar-refractivity contribution is 7.20. The minimum Gasteiger partial charge on any atom is -0.328 e. The molecule has 0 amide bonds. The van der Waals surface area contributed by atoms with Gasteiger partial charge in [0.05, 0.1) is 21.8 Å². The second-order valence-corrected chi connectivity index (χ2v) is 6.88. The van der Waals surface area contributed by atoms with Crippen molar-refractivity contribution in [3.63, 3.8) is 0 Å². The molecule has 0 unspecified atom stereocenters. The second-order valence-electron chi connectivity index (χ2n) is 4.60. The third-order valence-electron chi connectivity index (χ3n) is 3.33. The summed E-state index contributed by atoms with van der Waals surface area (Å²) in [4.78, 5) is 17.0. The van der Waals surface area contributed by atoms with Crippen LogP contribution in [0.5, 0.6) is 0 Å². The van der Waals surface area contributed by atoms with Crippen LogP contribution in [0.4, 0.5) is 0 Å². The number of Topliss-reactive ketones (excluding diaryl/α,β-unsaturated/α-hetero) is 1. The zero-order valence-corrected chi connectivity index (χ0v) is 13.6. The molecule has 0 fully saturated rings. The maximum absolute atomic E-state index is 12.4. The number of ketones is 1. The Labute approximate surface area is 136 Å². The quantitative estimate of drug-likeness (QED) is 0.637. The average molecular weight is 339 g/mol. The molecule has 2 aromatic heterocycles. The summed E-state index contributed by atoms with van der Waals surface area (Å²) >= 11 is 13.1. The number of para-hydroxylation sites is 2. The highest BCUT2D eigenvalue weighted by Crippen LogP contribution is 2.32. The van der Waals surface area contributed by atoms with Crippen molar-refractivity contribution < 1.29 is 4.79 Å². The molecule has 6 heteroatoms. The van der Waals surface area contributed by atoms with Crippen molar-refractivity contribution in [2.75, 3.05) is 0 Å². The van der Waals surface area contributed by atoms with Crippen molar-refractivity contribution in [1.29, 1.82) is 0 Å². The number of aromatic nitrogens is 2. The molecular formula is C15H12Cl2N2OS. The monoisotopic (exact) mass is 338 g/mol. The van der Waals surface area contributed by atoms with Gasteiger partial charge in [0.25, 0.3) is 0 Å². The van der Waals surface area contributed by atoms with Crippen molar-refractivity contribution in [1.82, 2.24) is 9.55 Å². The fraction of sp³-hybridized carbons (Fsp3) is 0.200. The molecule has 21 heavy (non-hydrogen) atoms. The highest BCUT2D eigenvalue weighted by Gasteiger charge is 2.18. The summed E-state index contributed by atoms with van der Waals surface area (Å²) in [5, 5.41) is 0. The van der Waals surface area contributed by atoms with Gasteiger partial charge < -0.3 is 4.57 Å². The van der Waals surface area contributed by atoms with E-state index in [4.69, 9.17) is 23.2 Å². The molecule has 3 rings (SSSR count). The van der Waals surface area contributed by atoms with Crippen molar-refractivity contribution in [2.24, 2.45) is 0 Å². The van der Waals surface area contributed by atoms with Gasteiger partial charge in [-0.1, -0.05) is 35.3 Å². The Balaban J connectivity index is 1.98. The Bertz CT molecular complexity index is 822. The molecule has 3 aromatic rings. The van der Waals surface area contributed by atoms with Crippen LogP contribution in [0.25, 0.3) is 11.0 Å². The number of nitrogens with zero attached hydrogens (tertiary/aromatic N) is 2. The lowest BCUT2D eigenvalue weighted by Gasteiger charge is -2.05. The van der Waals surface area contributed by atoms with Crippen LogP contribution in [0.1, 0.15) is 23.1 Å². The van der Waals surface area contributed by atoms with Gasteiger partial charge in [-0.05, 0) is 25.1 Å². The van der Waals surface area contributed by atoms with E-state index >= 15 is 0 Å². The molecule has 1 aromatic carbocycles. The lowest BCUT2D eigenvalue weighted by molar-refractivity contribution is 0.0990. The fourth-order valence-electron chi connectivity index (χ4n) is 2.38. The lowest BCUT2D eigenvalue weighted by atomic mass is 10.1. The van der Waals surface area contributed by atoms with Crippen LogP contribution in [0, 0.1) is 0 Å². The molecule has 0 spiro atoms. The summed E-state index contributed by atoms with van der Waals surface area (Å²) < 4.78 is 3.01. The first-order chi connectivity index (χ1) is 10.1. The van der Waals surface area contributed by atoms with E-state index in [0.717, 1.165) is 23.4 Å². The van der Waals surface area contributed by atoms with Gasteiger partial charge in [-0.3, -0.25) is 4.79 Å². The van der Waals surface area contributed by atoms with Gasteiger partial charge >= 0.3 is 0 Å². The van der Waals surface area contributed by atoms with E-state index in [2.05, 4.69) is 9.55 Å². The molecule has 0 N–H and O–H groups in total. The van der Waals surface area contributed by atoms with E-state index in [-0.39, 0.29) is 12.2 Å². The number of fused-ring (bicyclic) bond motifs is 1. The number of rotatable bonds is 4. The molecule has 0 aliphatic carbocycles. The van der Waals surface area contributed by atoms with E-state index in [1.807, 2.05) is 31.2 Å². The SMILES string of the molecule is CCn1c(CC(=O)c2cc(Cl)sc2Cl)nc2ccccc21. The van der Waals surface area contributed by atoms with Gasteiger partial charge in [-0.25, -0.2) is 4.98 Å². The van der Waals surface area contributed by atoms with Crippen LogP contribution in [0.3, 0.4) is 0 Å². The fourth-order valence-corrected chi connectivity index (χ4v) is 3.88. The van der Waals surface area contributed by atoms with Crippen LogP contribution < -0.4 is 0 Å². The first-order valence-electron chi connectivity index (χ1n) is 6.52. The van der Waals surface area contributed by atoms with Gasteiger partial charge in [-0.2, -0.15) is 0 Å². The van der Waals surface area contributed by atoms with Gasteiger partial charge in [0, 0.05) is 12.1 Å². The van der Waals surface area contributed by atoms with Crippen LogP contribution in [0.15, 0.2) is 30.3 Å². The Morgan fingerprint density at radius 1 is 1.33 bits per heavy atom. The predicted octanol–water partition coefficient (Wildman–Crippen LogP) is 4.85. The number of aryl methyl sites for hydroxylation is 1. The highest BCUT2D eigenvalue weighted by atomic mass is 35.5. The van der Waals surface area contributed by atoms with E-state index < -0.39 is 0 Å². The number of benzene rings is 1. The van der Waals surface area contributed by atoms with Gasteiger partial charge in [0.1, 0.15) is 10.2 Å². The van der Waals surface area contributed by atoms with E-state index in [1.165, 1.54) is 11.3 Å². The molecule has 108 valence electrons. The normalized spacial score (nSPS) is 11.2. The smallest absolute Gasteiger partial charge is 0.172 e. The molecule has 0 aliphatic heterocycles. The summed E-state index contributed by atoms with van der Waals surface area (Å²) in [6.45, 7) is 2.80. The summed E-state index contributed by atoms with van der Waals surface area (Å²) in [6.07, 6.45) is 0.218. The number of hydrogen-bond acceptors (Lipinski definition) is 3. The average Bonchev–Trinajstić information content (AvgIpc) is 2.97. The molecular weight excluding hydrogens is 327 g/mol. The number of hydrogen-bond donors (Lipinski definition) is 0. The molecule has 0 aliphatic rings. The molecule has 0 atom stereocenters. The maximum atomic E-state index is 12.4. The van der Waals surface area contributed by atoms with Crippen LogP contribution >= 0.6 is 34.5 Å². The van der Waals surface area contributed by atoms with Crippen molar-refractivity contribution in [2.45, 2.75) is 19.9 Å². The second kappa shape index (κ2) is 5.79.